The smallest absolute Gasteiger partial charge is 0.219 e. The molecule has 6 aromatic rings. The van der Waals surface area contributed by atoms with Gasteiger partial charge in [0, 0.05) is 66.7 Å². The maximum atomic E-state index is 11.5. The molecule has 0 unspecified atom stereocenters. The van der Waals surface area contributed by atoms with E-state index in [0.29, 0.717) is 12.1 Å². The summed E-state index contributed by atoms with van der Waals surface area (Å²) in [5.74, 6) is 1.05. The van der Waals surface area contributed by atoms with Crippen molar-refractivity contribution in [2.24, 2.45) is 0 Å². The fourth-order valence-corrected chi connectivity index (χ4v) is 6.90. The average Bonchev–Trinajstić information content (AvgIpc) is 3.80. The summed E-state index contributed by atoms with van der Waals surface area (Å²) >= 11 is 0. The maximum absolute atomic E-state index is 11.5. The van der Waals surface area contributed by atoms with E-state index in [4.69, 9.17) is 9.72 Å². The number of hydrogen-bond acceptors (Lipinski definition) is 5. The van der Waals surface area contributed by atoms with Gasteiger partial charge < -0.3 is 23.2 Å². The monoisotopic (exact) mass is 717 g/mol. The summed E-state index contributed by atoms with van der Waals surface area (Å²) in [7, 11) is 0. The third-order valence-electron chi connectivity index (χ3n) is 10.6. The number of nitrogens with zero attached hydrogens (tertiary/aromatic N) is 7. The van der Waals surface area contributed by atoms with Gasteiger partial charge in [-0.25, -0.2) is 15.0 Å². The topological polar surface area (TPSA) is 82.5 Å². The van der Waals surface area contributed by atoms with Crippen molar-refractivity contribution in [2.45, 2.75) is 117 Å². The summed E-state index contributed by atoms with van der Waals surface area (Å²) in [5.41, 5.74) is 8.97. The molecule has 9 heteroatoms. The fraction of sp³-hybridized carbons (Fsp3) is 0.500. The first-order valence-corrected chi connectivity index (χ1v) is 19.1. The number of hydrogen-bond donors (Lipinski definition) is 0. The van der Waals surface area contributed by atoms with Gasteiger partial charge in [0.05, 0.1) is 36.6 Å². The number of amides is 1. The highest BCUT2D eigenvalue weighted by Gasteiger charge is 2.25. The molecule has 0 bridgehead atoms. The molecule has 2 aliphatic heterocycles. The van der Waals surface area contributed by atoms with Crippen LogP contribution in [0.15, 0.2) is 73.4 Å². The van der Waals surface area contributed by atoms with Crippen molar-refractivity contribution in [1.29, 1.82) is 0 Å². The van der Waals surface area contributed by atoms with E-state index in [2.05, 4.69) is 154 Å². The summed E-state index contributed by atoms with van der Waals surface area (Å²) in [6, 6.07) is 18.2. The van der Waals surface area contributed by atoms with Gasteiger partial charge in [-0.15, -0.1) is 0 Å². The molecule has 0 saturated carbocycles. The van der Waals surface area contributed by atoms with Crippen molar-refractivity contribution in [3.05, 3.63) is 96.1 Å². The number of fused-ring (bicyclic) bond motifs is 3. The second kappa shape index (κ2) is 14.7. The van der Waals surface area contributed by atoms with E-state index in [9.17, 15) is 4.79 Å². The van der Waals surface area contributed by atoms with Crippen molar-refractivity contribution in [1.82, 2.24) is 33.4 Å². The molecule has 7 heterocycles. The van der Waals surface area contributed by atoms with Crippen molar-refractivity contribution in [2.75, 3.05) is 26.3 Å². The zero-order valence-electron chi connectivity index (χ0n) is 33.8. The van der Waals surface area contributed by atoms with E-state index >= 15 is 0 Å². The second-order valence-electron chi connectivity index (χ2n) is 17.9. The highest BCUT2D eigenvalue weighted by atomic mass is 16.5. The highest BCUT2D eigenvalue weighted by molar-refractivity contribution is 5.77. The second-order valence-corrected chi connectivity index (χ2v) is 17.9. The Balaban J connectivity index is 0.000000140. The van der Waals surface area contributed by atoms with Gasteiger partial charge in [-0.1, -0.05) is 74.4 Å². The van der Waals surface area contributed by atoms with Crippen LogP contribution in [0.4, 0.5) is 0 Å². The Hall–Kier alpha value is -4.50. The van der Waals surface area contributed by atoms with Crippen LogP contribution in [0.3, 0.4) is 0 Å². The first-order valence-electron chi connectivity index (χ1n) is 19.1. The minimum absolute atomic E-state index is 0.0543. The molecule has 1 amide bonds. The first kappa shape index (κ1) is 38.2. The van der Waals surface area contributed by atoms with Gasteiger partial charge in [0.25, 0.3) is 0 Å². The minimum Gasteiger partial charge on any atom is -0.377 e. The number of ether oxygens (including phenoxy) is 1. The predicted molar refractivity (Wildman–Crippen MR) is 216 cm³/mol. The quantitative estimate of drug-likeness (QED) is 0.178. The first-order chi connectivity index (χ1) is 24.9. The molecular weight excluding hydrogens is 659 g/mol. The lowest BCUT2D eigenvalue weighted by Crippen LogP contribution is -2.37. The molecule has 9 nitrogen and oxygen atoms in total. The number of aromatic nitrogens is 6. The van der Waals surface area contributed by atoms with Crippen LogP contribution in [0.1, 0.15) is 117 Å². The maximum Gasteiger partial charge on any atom is 0.219 e. The molecule has 5 aromatic heterocycles. The average molecular weight is 718 g/mol. The van der Waals surface area contributed by atoms with Crippen molar-refractivity contribution < 1.29 is 9.53 Å². The van der Waals surface area contributed by atoms with Crippen LogP contribution in [0.25, 0.3) is 27.6 Å². The Kier molecular flexibility index (Phi) is 10.6. The summed E-state index contributed by atoms with van der Waals surface area (Å²) in [6.45, 7) is 26.9. The lowest BCUT2D eigenvalue weighted by atomic mass is 9.87. The van der Waals surface area contributed by atoms with Crippen LogP contribution in [0, 0.1) is 6.92 Å². The third kappa shape index (κ3) is 8.51. The Morgan fingerprint density at radius 1 is 0.774 bits per heavy atom. The van der Waals surface area contributed by atoms with Gasteiger partial charge in [0.15, 0.2) is 0 Å². The molecule has 2 aliphatic rings. The lowest BCUT2D eigenvalue weighted by molar-refractivity contribution is -0.130. The van der Waals surface area contributed by atoms with E-state index in [0.717, 1.165) is 61.5 Å². The lowest BCUT2D eigenvalue weighted by Gasteiger charge is -2.32. The number of carbonyl (C=O) groups is 1. The Morgan fingerprint density at radius 3 is 2.04 bits per heavy atom. The Morgan fingerprint density at radius 2 is 1.43 bits per heavy atom. The van der Waals surface area contributed by atoms with Gasteiger partial charge in [0.2, 0.25) is 5.91 Å². The zero-order chi connectivity index (χ0) is 38.3. The SMILES string of the molecule is CC(=O)N1CCC(n2ccc3cnc(C(C)(C)C)nc32)CC1.CC(C)(C)c1ccc2ncn(C3COC3)c2c1.Cc1ccc2ccc(C(C)(C)C)cn12. The van der Waals surface area contributed by atoms with Gasteiger partial charge in [-0.05, 0) is 78.1 Å². The number of rotatable bonds is 2. The fourth-order valence-electron chi connectivity index (χ4n) is 6.90. The number of pyridine rings is 1. The van der Waals surface area contributed by atoms with Crippen LogP contribution in [0.5, 0.6) is 0 Å². The standard InChI is InChI=1S/C17H24N4O.C14H18N2O.C13H17N/c1-12(22)20-8-6-14(7-9-20)21-10-5-13-11-18-16(17(2,3)4)19-15(13)21;1-14(2,3)10-4-5-12-13(6-10)16(9-15-12)11-7-17-8-11;1-10-5-7-12-8-6-11(9-14(10)12)13(2,3)4/h5,10-11,14H,6-9H2,1-4H3;4-6,9,11H,7-8H2,1-3H3;5-9H,1-4H3. The number of likely N-dealkylation sites (tertiary alicyclic amines) is 1. The zero-order valence-corrected chi connectivity index (χ0v) is 33.8. The van der Waals surface area contributed by atoms with Gasteiger partial charge in [0.1, 0.15) is 11.5 Å². The molecular formula is C44H59N7O2. The van der Waals surface area contributed by atoms with E-state index in [-0.39, 0.29) is 22.2 Å². The molecule has 0 spiro atoms. The van der Waals surface area contributed by atoms with Gasteiger partial charge in [-0.3, -0.25) is 4.79 Å². The molecule has 282 valence electrons. The highest BCUT2D eigenvalue weighted by Crippen LogP contribution is 2.30. The van der Waals surface area contributed by atoms with Crippen LogP contribution < -0.4 is 0 Å². The predicted octanol–water partition coefficient (Wildman–Crippen LogP) is 9.36. The number of carbonyl (C=O) groups excluding carboxylic acids is 1. The van der Waals surface area contributed by atoms with Gasteiger partial charge >= 0.3 is 0 Å². The largest absolute Gasteiger partial charge is 0.377 e. The normalized spacial score (nSPS) is 15.9. The van der Waals surface area contributed by atoms with Crippen LogP contribution in [-0.4, -0.2) is 65.6 Å². The molecule has 0 aliphatic carbocycles. The number of benzene rings is 1. The number of aryl methyl sites for hydroxylation is 1. The molecule has 0 N–H and O–H groups in total. The summed E-state index contributed by atoms with van der Waals surface area (Å²) in [4.78, 5) is 27.1. The summed E-state index contributed by atoms with van der Waals surface area (Å²) in [6.07, 6.45) is 10.2. The van der Waals surface area contributed by atoms with Crippen molar-refractivity contribution in [3.8, 4) is 0 Å². The van der Waals surface area contributed by atoms with Crippen LogP contribution >= 0.6 is 0 Å². The number of imidazole rings is 1. The van der Waals surface area contributed by atoms with E-state index in [1.54, 1.807) is 6.92 Å². The van der Waals surface area contributed by atoms with Gasteiger partial charge in [-0.2, -0.15) is 0 Å². The molecule has 0 atom stereocenters. The third-order valence-corrected chi connectivity index (χ3v) is 10.6. The molecule has 8 rings (SSSR count). The van der Waals surface area contributed by atoms with Crippen molar-refractivity contribution >= 4 is 33.5 Å². The van der Waals surface area contributed by atoms with E-state index in [1.165, 1.54) is 27.9 Å². The van der Waals surface area contributed by atoms with E-state index in [1.807, 2.05) is 17.4 Å². The molecule has 53 heavy (non-hydrogen) atoms. The number of piperidine rings is 1. The van der Waals surface area contributed by atoms with Crippen LogP contribution in [-0.2, 0) is 25.8 Å². The van der Waals surface area contributed by atoms with Crippen LogP contribution in [0.2, 0.25) is 0 Å². The minimum atomic E-state index is -0.0543. The molecule has 0 radical (unpaired) electrons. The summed E-state index contributed by atoms with van der Waals surface area (Å²) in [5, 5.41) is 1.09. The molecule has 1 aromatic carbocycles. The Labute approximate surface area is 315 Å². The Bertz CT molecular complexity index is 2190. The summed E-state index contributed by atoms with van der Waals surface area (Å²) < 4.78 is 12.0. The molecule has 2 fully saturated rings. The van der Waals surface area contributed by atoms with Crippen molar-refractivity contribution in [3.63, 3.8) is 0 Å². The molecule has 2 saturated heterocycles. The van der Waals surface area contributed by atoms with E-state index < -0.39 is 0 Å².